The number of rotatable bonds is 9. The number of carbonyl (C=O) groups excluding carboxylic acids is 1. The van der Waals surface area contributed by atoms with Crippen molar-refractivity contribution in [2.24, 2.45) is 0 Å². The first-order valence-corrected chi connectivity index (χ1v) is 9.29. The van der Waals surface area contributed by atoms with Crippen molar-refractivity contribution < 1.29 is 19.0 Å². The lowest BCUT2D eigenvalue weighted by Crippen LogP contribution is -2.21. The summed E-state index contributed by atoms with van der Waals surface area (Å²) in [5, 5.41) is 2.83. The average Bonchev–Trinajstić information content (AvgIpc) is 2.59. The number of halogens is 1. The van der Waals surface area contributed by atoms with Gasteiger partial charge in [0.25, 0.3) is 5.91 Å². The molecule has 2 aromatic carbocycles. The number of amides is 1. The lowest BCUT2D eigenvalue weighted by Gasteiger charge is -2.14. The Morgan fingerprint density at radius 3 is 2.46 bits per heavy atom. The van der Waals surface area contributed by atoms with E-state index in [1.807, 2.05) is 51.1 Å². The van der Waals surface area contributed by atoms with Gasteiger partial charge >= 0.3 is 0 Å². The van der Waals surface area contributed by atoms with E-state index in [-0.39, 0.29) is 12.5 Å². The minimum atomic E-state index is -0.243. The number of hydrogen-bond donors (Lipinski definition) is 1. The predicted molar refractivity (Wildman–Crippen MR) is 106 cm³/mol. The van der Waals surface area contributed by atoms with Crippen LogP contribution in [0.2, 0.25) is 0 Å². The summed E-state index contributed by atoms with van der Waals surface area (Å²) in [6.07, 6.45) is 0. The molecular weight excluding hydrogens is 398 g/mol. The van der Waals surface area contributed by atoms with Crippen LogP contribution in [0.15, 0.2) is 40.9 Å². The van der Waals surface area contributed by atoms with Gasteiger partial charge in [0.1, 0.15) is 18.1 Å². The Hall–Kier alpha value is -2.05. The van der Waals surface area contributed by atoms with Gasteiger partial charge < -0.3 is 19.5 Å². The van der Waals surface area contributed by atoms with Crippen LogP contribution in [0.3, 0.4) is 0 Å². The van der Waals surface area contributed by atoms with E-state index in [0.29, 0.717) is 31.3 Å². The van der Waals surface area contributed by atoms with Crippen molar-refractivity contribution in [2.75, 3.05) is 31.7 Å². The molecule has 0 saturated carbocycles. The Morgan fingerprint density at radius 1 is 1.08 bits per heavy atom. The van der Waals surface area contributed by atoms with E-state index in [4.69, 9.17) is 14.2 Å². The van der Waals surface area contributed by atoms with Crippen LogP contribution in [0, 0.1) is 13.8 Å². The van der Waals surface area contributed by atoms with Gasteiger partial charge in [-0.2, -0.15) is 0 Å². The summed E-state index contributed by atoms with van der Waals surface area (Å²) in [5.74, 6) is 1.09. The lowest BCUT2D eigenvalue weighted by molar-refractivity contribution is -0.118. The number of para-hydroxylation sites is 2. The van der Waals surface area contributed by atoms with Crippen molar-refractivity contribution in [3.8, 4) is 11.5 Å². The molecule has 0 atom stereocenters. The van der Waals surface area contributed by atoms with E-state index in [0.717, 1.165) is 21.3 Å². The Morgan fingerprint density at radius 2 is 1.77 bits per heavy atom. The minimum Gasteiger partial charge on any atom is -0.489 e. The summed E-state index contributed by atoms with van der Waals surface area (Å²) in [7, 11) is 0. The Kier molecular flexibility index (Phi) is 7.94. The molecule has 0 aliphatic heterocycles. The molecule has 0 aliphatic carbocycles. The molecule has 0 heterocycles. The molecule has 2 rings (SSSR count). The van der Waals surface area contributed by atoms with Gasteiger partial charge in [-0.1, -0.05) is 28.1 Å². The summed E-state index contributed by atoms with van der Waals surface area (Å²) in [6.45, 7) is 7.34. The van der Waals surface area contributed by atoms with Gasteiger partial charge in [-0.25, -0.2) is 0 Å². The first-order valence-electron chi connectivity index (χ1n) is 8.50. The molecule has 1 amide bonds. The second-order valence-corrected chi connectivity index (χ2v) is 6.66. The van der Waals surface area contributed by atoms with Crippen LogP contribution < -0.4 is 14.8 Å². The number of ether oxygens (including phenoxy) is 3. The zero-order chi connectivity index (χ0) is 18.9. The molecule has 0 unspecified atom stereocenters. The largest absolute Gasteiger partial charge is 0.489 e. The fraction of sp³-hybridized carbons (Fsp3) is 0.350. The molecule has 5 nitrogen and oxygen atoms in total. The maximum atomic E-state index is 12.3. The van der Waals surface area contributed by atoms with Gasteiger partial charge in [0, 0.05) is 11.1 Å². The summed E-state index contributed by atoms with van der Waals surface area (Å²) in [4.78, 5) is 12.3. The van der Waals surface area contributed by atoms with Crippen molar-refractivity contribution in [3.05, 3.63) is 52.0 Å². The SMILES string of the molecule is CCOCCOc1ccccc1NC(=O)COc1c(C)cc(Br)cc1C. The third kappa shape index (κ3) is 6.04. The molecule has 0 aliphatic rings. The zero-order valence-electron chi connectivity index (χ0n) is 15.3. The van der Waals surface area contributed by atoms with Crippen LogP contribution in [0.5, 0.6) is 11.5 Å². The average molecular weight is 422 g/mol. The molecule has 26 heavy (non-hydrogen) atoms. The Balaban J connectivity index is 1.94. The van der Waals surface area contributed by atoms with Gasteiger partial charge in [0.05, 0.1) is 12.3 Å². The fourth-order valence-electron chi connectivity index (χ4n) is 2.50. The third-order valence-corrected chi connectivity index (χ3v) is 4.08. The van der Waals surface area contributed by atoms with Crippen molar-refractivity contribution in [3.63, 3.8) is 0 Å². The molecule has 2 aromatic rings. The number of carbonyl (C=O) groups is 1. The van der Waals surface area contributed by atoms with E-state index in [1.165, 1.54) is 0 Å². The first-order chi connectivity index (χ1) is 12.5. The van der Waals surface area contributed by atoms with Crippen LogP contribution in [0.4, 0.5) is 5.69 Å². The molecule has 0 radical (unpaired) electrons. The summed E-state index contributed by atoms with van der Waals surface area (Å²) in [5.41, 5.74) is 2.57. The monoisotopic (exact) mass is 421 g/mol. The molecule has 0 aromatic heterocycles. The Labute approximate surface area is 162 Å². The standard InChI is InChI=1S/C20H24BrNO4/c1-4-24-9-10-25-18-8-6-5-7-17(18)22-19(23)13-26-20-14(2)11-16(21)12-15(20)3/h5-8,11-12H,4,9-10,13H2,1-3H3,(H,22,23). The lowest BCUT2D eigenvalue weighted by atomic mass is 10.1. The van der Waals surface area contributed by atoms with Crippen LogP contribution in [0.25, 0.3) is 0 Å². The van der Waals surface area contributed by atoms with Crippen molar-refractivity contribution in [1.82, 2.24) is 0 Å². The van der Waals surface area contributed by atoms with E-state index in [1.54, 1.807) is 6.07 Å². The van der Waals surface area contributed by atoms with Crippen LogP contribution in [0.1, 0.15) is 18.1 Å². The topological polar surface area (TPSA) is 56.8 Å². The summed E-state index contributed by atoms with van der Waals surface area (Å²) in [6, 6.07) is 11.2. The van der Waals surface area contributed by atoms with Gasteiger partial charge in [-0.05, 0) is 56.2 Å². The van der Waals surface area contributed by atoms with Gasteiger partial charge in [0.15, 0.2) is 6.61 Å². The second-order valence-electron chi connectivity index (χ2n) is 5.75. The van der Waals surface area contributed by atoms with Crippen LogP contribution in [-0.2, 0) is 9.53 Å². The number of aryl methyl sites for hydroxylation is 2. The predicted octanol–water partition coefficient (Wildman–Crippen LogP) is 4.50. The van der Waals surface area contributed by atoms with E-state index < -0.39 is 0 Å². The molecule has 0 bridgehead atoms. The number of hydrogen-bond acceptors (Lipinski definition) is 4. The molecular formula is C20H24BrNO4. The van der Waals surface area contributed by atoms with Crippen molar-refractivity contribution >= 4 is 27.5 Å². The van der Waals surface area contributed by atoms with Gasteiger partial charge in [-0.3, -0.25) is 4.79 Å². The molecule has 1 N–H and O–H groups in total. The molecule has 0 fully saturated rings. The Bertz CT molecular complexity index is 725. The third-order valence-electron chi connectivity index (χ3n) is 3.62. The quantitative estimate of drug-likeness (QED) is 0.605. The highest BCUT2D eigenvalue weighted by atomic mass is 79.9. The fourth-order valence-corrected chi connectivity index (χ4v) is 3.19. The highest BCUT2D eigenvalue weighted by Crippen LogP contribution is 2.27. The van der Waals surface area contributed by atoms with E-state index in [2.05, 4.69) is 21.2 Å². The second kappa shape index (κ2) is 10.2. The van der Waals surface area contributed by atoms with Crippen molar-refractivity contribution in [1.29, 1.82) is 0 Å². The van der Waals surface area contributed by atoms with E-state index in [9.17, 15) is 4.79 Å². The minimum absolute atomic E-state index is 0.0728. The van der Waals surface area contributed by atoms with Crippen LogP contribution >= 0.6 is 15.9 Å². The molecule has 0 saturated heterocycles. The summed E-state index contributed by atoms with van der Waals surface area (Å²) >= 11 is 3.45. The first kappa shape index (κ1) is 20.3. The van der Waals surface area contributed by atoms with Gasteiger partial charge in [-0.15, -0.1) is 0 Å². The van der Waals surface area contributed by atoms with Crippen LogP contribution in [-0.4, -0.2) is 32.3 Å². The van der Waals surface area contributed by atoms with Crippen molar-refractivity contribution in [2.45, 2.75) is 20.8 Å². The zero-order valence-corrected chi connectivity index (χ0v) is 16.9. The molecule has 0 spiro atoms. The summed E-state index contributed by atoms with van der Waals surface area (Å²) < 4.78 is 17.6. The van der Waals surface area contributed by atoms with Gasteiger partial charge in [0.2, 0.25) is 0 Å². The number of anilines is 1. The highest BCUT2D eigenvalue weighted by Gasteiger charge is 2.11. The normalized spacial score (nSPS) is 10.5. The maximum absolute atomic E-state index is 12.3. The van der Waals surface area contributed by atoms with E-state index >= 15 is 0 Å². The number of nitrogens with one attached hydrogen (secondary N) is 1. The maximum Gasteiger partial charge on any atom is 0.262 e. The number of benzene rings is 2. The smallest absolute Gasteiger partial charge is 0.262 e. The highest BCUT2D eigenvalue weighted by molar-refractivity contribution is 9.10. The molecule has 140 valence electrons. The molecule has 6 heteroatoms.